The number of rotatable bonds is 4. The Morgan fingerprint density at radius 1 is 1.07 bits per heavy atom. The average molecular weight is 443 g/mol. The fraction of sp³-hybridized carbons (Fsp3) is 0.150. The summed E-state index contributed by atoms with van der Waals surface area (Å²) in [6.07, 6.45) is 0. The third kappa shape index (κ3) is 3.57. The molecule has 2 aromatic carbocycles. The van der Waals surface area contributed by atoms with Gasteiger partial charge < -0.3 is 8.83 Å². The van der Waals surface area contributed by atoms with Crippen molar-refractivity contribution in [3.05, 3.63) is 74.0 Å². The molecule has 0 unspecified atom stereocenters. The standard InChI is InChI=1S/C20H15BrN2O3S/c1-11-7-8-14-13(9-17(24)25-18(14)12(11)2)10-27-20-23-22-19(26-20)15-5-3-4-6-16(15)21/h3-9H,10H2,1-2H3. The van der Waals surface area contributed by atoms with E-state index in [9.17, 15) is 4.79 Å². The number of aromatic nitrogens is 2. The molecule has 2 heterocycles. The summed E-state index contributed by atoms with van der Waals surface area (Å²) < 4.78 is 12.1. The molecule has 27 heavy (non-hydrogen) atoms. The molecule has 4 rings (SSSR count). The molecule has 0 aliphatic carbocycles. The van der Waals surface area contributed by atoms with Gasteiger partial charge in [0.15, 0.2) is 0 Å². The summed E-state index contributed by atoms with van der Waals surface area (Å²) in [4.78, 5) is 12.0. The molecule has 0 amide bonds. The topological polar surface area (TPSA) is 69.1 Å². The van der Waals surface area contributed by atoms with E-state index in [0.29, 0.717) is 22.4 Å². The Labute approximate surface area is 167 Å². The van der Waals surface area contributed by atoms with Crippen LogP contribution >= 0.6 is 27.7 Å². The molecular weight excluding hydrogens is 428 g/mol. The first-order valence-corrected chi connectivity index (χ1v) is 10.0. The zero-order chi connectivity index (χ0) is 19.0. The van der Waals surface area contributed by atoms with E-state index in [1.54, 1.807) is 0 Å². The average Bonchev–Trinajstić information content (AvgIpc) is 3.12. The van der Waals surface area contributed by atoms with Gasteiger partial charge in [0.25, 0.3) is 5.22 Å². The van der Waals surface area contributed by atoms with E-state index in [1.807, 2.05) is 50.2 Å². The van der Waals surface area contributed by atoms with Crippen molar-refractivity contribution in [2.45, 2.75) is 24.8 Å². The van der Waals surface area contributed by atoms with Crippen molar-refractivity contribution in [2.24, 2.45) is 0 Å². The van der Waals surface area contributed by atoms with E-state index in [4.69, 9.17) is 8.83 Å². The number of benzene rings is 2. The molecule has 0 fully saturated rings. The molecule has 5 nitrogen and oxygen atoms in total. The fourth-order valence-electron chi connectivity index (χ4n) is 2.80. The second-order valence-corrected chi connectivity index (χ2v) is 7.90. The Morgan fingerprint density at radius 2 is 1.89 bits per heavy atom. The number of halogens is 1. The zero-order valence-electron chi connectivity index (χ0n) is 14.7. The Balaban J connectivity index is 1.62. The molecule has 2 aromatic heterocycles. The van der Waals surface area contributed by atoms with E-state index >= 15 is 0 Å². The predicted octanol–water partition coefficient (Wildman–Crippen LogP) is 5.51. The van der Waals surface area contributed by atoms with Gasteiger partial charge in [0.05, 0.1) is 5.56 Å². The Kier molecular flexibility index (Phi) is 4.88. The summed E-state index contributed by atoms with van der Waals surface area (Å²) in [5.74, 6) is 0.983. The van der Waals surface area contributed by atoms with Crippen molar-refractivity contribution in [2.75, 3.05) is 0 Å². The minimum atomic E-state index is -0.355. The minimum absolute atomic E-state index is 0.355. The maximum atomic E-state index is 12.0. The smallest absolute Gasteiger partial charge is 0.336 e. The zero-order valence-corrected chi connectivity index (χ0v) is 17.1. The van der Waals surface area contributed by atoms with E-state index < -0.39 is 0 Å². The Morgan fingerprint density at radius 3 is 2.70 bits per heavy atom. The molecular formula is C20H15BrN2O3S. The van der Waals surface area contributed by atoms with Gasteiger partial charge >= 0.3 is 5.63 Å². The largest absolute Gasteiger partial charge is 0.422 e. The number of thioether (sulfide) groups is 1. The third-order valence-corrected chi connectivity index (χ3v) is 5.94. The first kappa shape index (κ1) is 18.0. The van der Waals surface area contributed by atoms with Crippen molar-refractivity contribution in [1.29, 1.82) is 0 Å². The van der Waals surface area contributed by atoms with Gasteiger partial charge in [-0.2, -0.15) is 0 Å². The predicted molar refractivity (Wildman–Crippen MR) is 109 cm³/mol. The van der Waals surface area contributed by atoms with Crippen LogP contribution in [0.15, 0.2) is 65.8 Å². The highest BCUT2D eigenvalue weighted by atomic mass is 79.9. The van der Waals surface area contributed by atoms with Crippen LogP contribution in [-0.2, 0) is 5.75 Å². The lowest BCUT2D eigenvalue weighted by Gasteiger charge is -2.07. The van der Waals surface area contributed by atoms with Crippen LogP contribution < -0.4 is 5.63 Å². The van der Waals surface area contributed by atoms with Crippen LogP contribution in [0.3, 0.4) is 0 Å². The molecule has 0 aliphatic rings. The molecule has 136 valence electrons. The molecule has 0 saturated carbocycles. The van der Waals surface area contributed by atoms with Crippen molar-refractivity contribution in [1.82, 2.24) is 10.2 Å². The highest BCUT2D eigenvalue weighted by Gasteiger charge is 2.14. The lowest BCUT2D eigenvalue weighted by molar-refractivity contribution is 0.465. The fourth-order valence-corrected chi connectivity index (χ4v) is 4.00. The molecule has 0 aliphatic heterocycles. The van der Waals surface area contributed by atoms with Crippen LogP contribution in [0.5, 0.6) is 0 Å². The lowest BCUT2D eigenvalue weighted by atomic mass is 10.0. The number of nitrogens with zero attached hydrogens (tertiary/aromatic N) is 2. The van der Waals surface area contributed by atoms with Crippen LogP contribution in [0.25, 0.3) is 22.4 Å². The summed E-state index contributed by atoms with van der Waals surface area (Å²) in [6, 6.07) is 13.2. The summed E-state index contributed by atoms with van der Waals surface area (Å²) >= 11 is 4.88. The van der Waals surface area contributed by atoms with Crippen LogP contribution in [-0.4, -0.2) is 10.2 Å². The van der Waals surface area contributed by atoms with E-state index in [-0.39, 0.29) is 5.63 Å². The molecule has 0 N–H and O–H groups in total. The number of aryl methyl sites for hydroxylation is 2. The second-order valence-electron chi connectivity index (χ2n) is 6.12. The molecule has 0 saturated heterocycles. The van der Waals surface area contributed by atoms with E-state index in [1.165, 1.54) is 17.8 Å². The summed E-state index contributed by atoms with van der Waals surface area (Å²) in [5, 5.41) is 9.60. The van der Waals surface area contributed by atoms with Crippen LogP contribution in [0.1, 0.15) is 16.7 Å². The normalized spacial score (nSPS) is 11.2. The summed E-state index contributed by atoms with van der Waals surface area (Å²) in [6.45, 7) is 3.96. The van der Waals surface area contributed by atoms with Gasteiger partial charge in [-0.05, 0) is 58.6 Å². The Hall–Kier alpha value is -2.38. The van der Waals surface area contributed by atoms with Gasteiger partial charge in [-0.3, -0.25) is 0 Å². The monoisotopic (exact) mass is 442 g/mol. The number of hydrogen-bond acceptors (Lipinski definition) is 6. The first-order chi connectivity index (χ1) is 13.0. The van der Waals surface area contributed by atoms with Gasteiger partial charge in [0.2, 0.25) is 5.89 Å². The van der Waals surface area contributed by atoms with E-state index in [0.717, 1.165) is 32.1 Å². The quantitative estimate of drug-likeness (QED) is 0.306. The first-order valence-electron chi connectivity index (χ1n) is 8.27. The highest BCUT2D eigenvalue weighted by Crippen LogP contribution is 2.31. The Bertz CT molecular complexity index is 1200. The van der Waals surface area contributed by atoms with Gasteiger partial charge in [-0.15, -0.1) is 10.2 Å². The van der Waals surface area contributed by atoms with Crippen LogP contribution in [0.4, 0.5) is 0 Å². The van der Waals surface area contributed by atoms with E-state index in [2.05, 4.69) is 26.1 Å². The highest BCUT2D eigenvalue weighted by molar-refractivity contribution is 9.10. The maximum absolute atomic E-state index is 12.0. The summed E-state index contributed by atoms with van der Waals surface area (Å²) in [7, 11) is 0. The van der Waals surface area contributed by atoms with Crippen molar-refractivity contribution in [3.8, 4) is 11.5 Å². The van der Waals surface area contributed by atoms with Crippen LogP contribution in [0, 0.1) is 13.8 Å². The lowest BCUT2D eigenvalue weighted by Crippen LogP contribution is -2.01. The molecule has 0 atom stereocenters. The molecule has 4 aromatic rings. The van der Waals surface area contributed by atoms with Gasteiger partial charge in [0.1, 0.15) is 5.58 Å². The van der Waals surface area contributed by atoms with Crippen LogP contribution in [0.2, 0.25) is 0 Å². The van der Waals surface area contributed by atoms with Gasteiger partial charge in [-0.1, -0.05) is 36.0 Å². The van der Waals surface area contributed by atoms with Crippen molar-refractivity contribution >= 4 is 38.7 Å². The molecule has 7 heteroatoms. The molecule has 0 bridgehead atoms. The van der Waals surface area contributed by atoms with Gasteiger partial charge in [-0.25, -0.2) is 4.79 Å². The third-order valence-electron chi connectivity index (χ3n) is 4.38. The molecule has 0 spiro atoms. The number of hydrogen-bond donors (Lipinski definition) is 0. The molecule has 0 radical (unpaired) electrons. The number of fused-ring (bicyclic) bond motifs is 1. The van der Waals surface area contributed by atoms with Crippen molar-refractivity contribution in [3.63, 3.8) is 0 Å². The minimum Gasteiger partial charge on any atom is -0.422 e. The second kappa shape index (κ2) is 7.32. The van der Waals surface area contributed by atoms with Crippen molar-refractivity contribution < 1.29 is 8.83 Å². The maximum Gasteiger partial charge on any atom is 0.336 e. The van der Waals surface area contributed by atoms with Gasteiger partial charge in [0, 0.05) is 21.7 Å². The SMILES string of the molecule is Cc1ccc2c(CSc3nnc(-c4ccccc4Br)o3)cc(=O)oc2c1C. The summed E-state index contributed by atoms with van der Waals surface area (Å²) in [5.41, 5.74) is 4.07.